The highest BCUT2D eigenvalue weighted by Crippen LogP contribution is 2.30. The first kappa shape index (κ1) is 24.8. The number of amides is 3. The molecule has 0 saturated heterocycles. The molecule has 5 rings (SSSR count). The maximum absolute atomic E-state index is 13.8. The van der Waals surface area contributed by atoms with Crippen LogP contribution in [0.25, 0.3) is 11.4 Å². The number of hydrogen-bond acceptors (Lipinski definition) is 6. The Kier molecular flexibility index (Phi) is 6.41. The van der Waals surface area contributed by atoms with Crippen LogP contribution in [0.4, 0.5) is 5.69 Å². The highest BCUT2D eigenvalue weighted by atomic mass is 16.5. The molecule has 0 spiro atoms. The van der Waals surface area contributed by atoms with E-state index in [-0.39, 0.29) is 17.5 Å². The summed E-state index contributed by atoms with van der Waals surface area (Å²) in [7, 11) is 3.29. The molecule has 4 aromatic rings. The zero-order chi connectivity index (χ0) is 27.0. The molecule has 194 valence electrons. The molecule has 2 aromatic carbocycles. The van der Waals surface area contributed by atoms with Crippen molar-refractivity contribution in [1.82, 2.24) is 24.2 Å². The molecule has 0 fully saturated rings. The van der Waals surface area contributed by atoms with Gasteiger partial charge in [0.25, 0.3) is 11.8 Å². The second-order valence-corrected chi connectivity index (χ2v) is 8.96. The van der Waals surface area contributed by atoms with Gasteiger partial charge in [0.2, 0.25) is 5.91 Å². The van der Waals surface area contributed by atoms with Crippen LogP contribution in [0.15, 0.2) is 60.9 Å². The van der Waals surface area contributed by atoms with Gasteiger partial charge in [0.15, 0.2) is 5.69 Å². The van der Waals surface area contributed by atoms with Crippen molar-refractivity contribution < 1.29 is 19.1 Å². The van der Waals surface area contributed by atoms with Gasteiger partial charge in [-0.1, -0.05) is 0 Å². The van der Waals surface area contributed by atoms with Crippen molar-refractivity contribution in [2.24, 2.45) is 5.73 Å². The lowest BCUT2D eigenvalue weighted by molar-refractivity contribution is -0.128. The number of methoxy groups -OCH3 is 1. The van der Waals surface area contributed by atoms with Crippen molar-refractivity contribution in [3.05, 3.63) is 83.7 Å². The normalized spacial score (nSPS) is 12.8. The van der Waals surface area contributed by atoms with E-state index in [9.17, 15) is 14.4 Å². The first-order valence-corrected chi connectivity index (χ1v) is 12.0. The third-order valence-electron chi connectivity index (χ3n) is 6.64. The molecule has 1 aliphatic rings. The predicted molar refractivity (Wildman–Crippen MR) is 140 cm³/mol. The highest BCUT2D eigenvalue weighted by molar-refractivity contribution is 6.09. The Morgan fingerprint density at radius 1 is 1.05 bits per heavy atom. The van der Waals surface area contributed by atoms with Crippen molar-refractivity contribution in [3.8, 4) is 17.1 Å². The molecule has 2 N–H and O–H groups in total. The fourth-order valence-electron chi connectivity index (χ4n) is 4.52. The van der Waals surface area contributed by atoms with Gasteiger partial charge in [0.1, 0.15) is 17.3 Å². The number of ether oxygens (including phenoxy) is 1. The molecule has 0 saturated carbocycles. The van der Waals surface area contributed by atoms with Gasteiger partial charge in [-0.15, -0.1) is 0 Å². The van der Waals surface area contributed by atoms with Crippen LogP contribution in [0.3, 0.4) is 0 Å². The smallest absolute Gasteiger partial charge is 0.277 e. The summed E-state index contributed by atoms with van der Waals surface area (Å²) >= 11 is 0. The zero-order valence-electron chi connectivity index (χ0n) is 21.3. The standard InChI is InChI=1S/C27H27N7O4/c1-17(35)31(2)16-23-29-13-15-32(23)18-4-6-19(7-5-18)33-14-12-22-24(26(28)36)30-34(25(22)27(33)37)20-8-10-21(38-3)11-9-20/h4-11,13,15H,12,14,16H2,1-3H3,(H2,28,36). The fourth-order valence-corrected chi connectivity index (χ4v) is 4.52. The Bertz CT molecular complexity index is 1520. The average molecular weight is 514 g/mol. The van der Waals surface area contributed by atoms with E-state index < -0.39 is 5.91 Å². The molecule has 0 aliphatic carbocycles. The number of carbonyl (C=O) groups is 3. The third kappa shape index (κ3) is 4.38. The third-order valence-corrected chi connectivity index (χ3v) is 6.64. The molecule has 1 aliphatic heterocycles. The molecule has 0 unspecified atom stereocenters. The molecule has 38 heavy (non-hydrogen) atoms. The van der Waals surface area contributed by atoms with Gasteiger partial charge in [-0.2, -0.15) is 5.10 Å². The molecule has 0 atom stereocenters. The minimum absolute atomic E-state index is 0.0498. The monoisotopic (exact) mass is 513 g/mol. The van der Waals surface area contributed by atoms with Crippen LogP contribution >= 0.6 is 0 Å². The number of primary amides is 1. The van der Waals surface area contributed by atoms with Crippen LogP contribution in [0.2, 0.25) is 0 Å². The minimum atomic E-state index is -0.675. The SMILES string of the molecule is COc1ccc(-n2nc(C(N)=O)c3c2C(=O)N(c2ccc(-n4ccnc4CN(C)C(C)=O)cc2)CC3)cc1. The number of benzene rings is 2. The van der Waals surface area contributed by atoms with Gasteiger partial charge in [0.05, 0.1) is 19.3 Å². The maximum atomic E-state index is 13.8. The number of rotatable bonds is 7. The first-order chi connectivity index (χ1) is 18.3. The summed E-state index contributed by atoms with van der Waals surface area (Å²) in [5.74, 6) is 0.376. The number of imidazole rings is 1. The number of carbonyl (C=O) groups excluding carboxylic acids is 3. The van der Waals surface area contributed by atoms with Crippen molar-refractivity contribution in [3.63, 3.8) is 0 Å². The van der Waals surface area contributed by atoms with E-state index in [4.69, 9.17) is 10.5 Å². The van der Waals surface area contributed by atoms with E-state index in [0.29, 0.717) is 47.9 Å². The van der Waals surface area contributed by atoms with Gasteiger partial charge >= 0.3 is 0 Å². The number of aromatic nitrogens is 4. The van der Waals surface area contributed by atoms with Crippen LogP contribution in [0.5, 0.6) is 5.75 Å². The van der Waals surface area contributed by atoms with E-state index in [0.717, 1.165) is 11.5 Å². The van der Waals surface area contributed by atoms with E-state index in [1.54, 1.807) is 54.4 Å². The number of nitrogens with two attached hydrogens (primary N) is 1. The quantitative estimate of drug-likeness (QED) is 0.404. The predicted octanol–water partition coefficient (Wildman–Crippen LogP) is 2.35. The van der Waals surface area contributed by atoms with Crippen LogP contribution < -0.4 is 15.4 Å². The Hall–Kier alpha value is -4.93. The van der Waals surface area contributed by atoms with Gasteiger partial charge in [-0.25, -0.2) is 9.67 Å². The van der Waals surface area contributed by atoms with Crippen molar-refractivity contribution >= 4 is 23.4 Å². The van der Waals surface area contributed by atoms with Gasteiger partial charge in [-0.3, -0.25) is 14.4 Å². The summed E-state index contributed by atoms with van der Waals surface area (Å²) in [4.78, 5) is 45.2. The number of anilines is 1. The Morgan fingerprint density at radius 3 is 2.34 bits per heavy atom. The summed E-state index contributed by atoms with van der Waals surface area (Å²) in [5, 5.41) is 4.40. The summed E-state index contributed by atoms with van der Waals surface area (Å²) in [6.45, 7) is 2.25. The summed E-state index contributed by atoms with van der Waals surface area (Å²) in [5.41, 5.74) is 8.72. The molecular formula is C27H27N7O4. The molecule has 0 bridgehead atoms. The molecule has 11 heteroatoms. The van der Waals surface area contributed by atoms with Crippen molar-refractivity contribution in [1.29, 1.82) is 0 Å². The summed E-state index contributed by atoms with van der Waals surface area (Å²) in [6, 6.07) is 14.6. The van der Waals surface area contributed by atoms with E-state index in [1.807, 2.05) is 35.0 Å². The molecule has 3 amide bonds. The Balaban J connectivity index is 1.46. The van der Waals surface area contributed by atoms with Crippen molar-refractivity contribution in [2.75, 3.05) is 25.6 Å². The first-order valence-electron chi connectivity index (χ1n) is 12.0. The van der Waals surface area contributed by atoms with Gasteiger partial charge in [-0.05, 0) is 55.0 Å². The average Bonchev–Trinajstić information content (AvgIpc) is 3.54. The second kappa shape index (κ2) is 9.85. The second-order valence-electron chi connectivity index (χ2n) is 8.96. The zero-order valence-corrected chi connectivity index (χ0v) is 21.3. The van der Waals surface area contributed by atoms with E-state index in [1.165, 1.54) is 11.6 Å². The largest absolute Gasteiger partial charge is 0.497 e. The minimum Gasteiger partial charge on any atom is -0.497 e. The van der Waals surface area contributed by atoms with Crippen LogP contribution in [-0.2, 0) is 17.8 Å². The van der Waals surface area contributed by atoms with E-state index in [2.05, 4.69) is 10.1 Å². The van der Waals surface area contributed by atoms with E-state index >= 15 is 0 Å². The maximum Gasteiger partial charge on any atom is 0.277 e. The van der Waals surface area contributed by atoms with Gasteiger partial charge < -0.3 is 24.8 Å². The van der Waals surface area contributed by atoms with Crippen LogP contribution in [0, 0.1) is 0 Å². The van der Waals surface area contributed by atoms with Crippen molar-refractivity contribution in [2.45, 2.75) is 19.9 Å². The lowest BCUT2D eigenvalue weighted by atomic mass is 10.0. The number of hydrogen-bond donors (Lipinski definition) is 1. The van der Waals surface area contributed by atoms with Gasteiger partial charge in [0, 0.05) is 49.8 Å². The van der Waals surface area contributed by atoms with Crippen LogP contribution in [-0.4, -0.2) is 62.7 Å². The lowest BCUT2D eigenvalue weighted by Gasteiger charge is -2.28. The summed E-state index contributed by atoms with van der Waals surface area (Å²) < 4.78 is 8.60. The highest BCUT2D eigenvalue weighted by Gasteiger charge is 2.34. The molecule has 3 heterocycles. The number of nitrogens with zero attached hydrogens (tertiary/aromatic N) is 6. The molecule has 2 aromatic heterocycles. The Morgan fingerprint density at radius 2 is 1.71 bits per heavy atom. The molecular weight excluding hydrogens is 486 g/mol. The summed E-state index contributed by atoms with van der Waals surface area (Å²) in [6.07, 6.45) is 3.94. The Labute approximate surface area is 219 Å². The molecule has 0 radical (unpaired) electrons. The molecule has 11 nitrogen and oxygen atoms in total. The lowest BCUT2D eigenvalue weighted by Crippen LogP contribution is -2.39. The topological polar surface area (TPSA) is 129 Å². The van der Waals surface area contributed by atoms with Crippen LogP contribution in [0.1, 0.15) is 39.3 Å². The number of fused-ring (bicyclic) bond motifs is 1. The fraction of sp³-hybridized carbons (Fsp3) is 0.222.